The number of rotatable bonds is 14. The van der Waals surface area contributed by atoms with Crippen LogP contribution in [0.3, 0.4) is 0 Å². The Bertz CT molecular complexity index is 1540. The number of hydrogen-bond acceptors (Lipinski definition) is 7. The highest BCUT2D eigenvalue weighted by molar-refractivity contribution is 9.10. The minimum atomic E-state index is -0.175. The molecule has 0 fully saturated rings. The van der Waals surface area contributed by atoms with Gasteiger partial charge in [0.1, 0.15) is 5.75 Å². The molecule has 9 nitrogen and oxygen atoms in total. The van der Waals surface area contributed by atoms with Crippen molar-refractivity contribution < 1.29 is 23.7 Å². The van der Waals surface area contributed by atoms with Crippen LogP contribution in [-0.2, 0) is 24.2 Å². The molecule has 2 heterocycles. The van der Waals surface area contributed by atoms with Crippen LogP contribution in [0.15, 0.2) is 46.9 Å². The fourth-order valence-corrected chi connectivity index (χ4v) is 5.50. The number of halogens is 2. The Morgan fingerprint density at radius 2 is 1.81 bits per heavy atom. The molecule has 2 aromatic heterocycles. The first-order chi connectivity index (χ1) is 20.3. The van der Waals surface area contributed by atoms with Crippen LogP contribution < -0.4 is 24.3 Å². The molecule has 1 amide bonds. The molecule has 1 unspecified atom stereocenters. The quantitative estimate of drug-likeness (QED) is 0.154. The van der Waals surface area contributed by atoms with Gasteiger partial charge in [0, 0.05) is 28.9 Å². The lowest BCUT2D eigenvalue weighted by Crippen LogP contribution is -2.17. The van der Waals surface area contributed by atoms with Gasteiger partial charge in [-0.15, -0.1) is 5.10 Å². The smallest absolute Gasteiger partial charge is 0.241 e. The lowest BCUT2D eigenvalue weighted by atomic mass is 9.96. The van der Waals surface area contributed by atoms with E-state index in [1.165, 1.54) is 0 Å². The molecule has 2 aromatic carbocycles. The number of fused-ring (bicyclic) bond motifs is 1. The summed E-state index contributed by atoms with van der Waals surface area (Å²) in [6.07, 6.45) is 2.17. The van der Waals surface area contributed by atoms with Crippen LogP contribution in [0.1, 0.15) is 49.2 Å². The summed E-state index contributed by atoms with van der Waals surface area (Å²) in [4.78, 5) is 17.6. The Morgan fingerprint density at radius 1 is 1.05 bits per heavy atom. The Morgan fingerprint density at radius 3 is 2.52 bits per heavy atom. The van der Waals surface area contributed by atoms with Crippen molar-refractivity contribution in [3.8, 4) is 23.1 Å². The average molecular weight is 659 g/mol. The molecule has 0 bridgehead atoms. The van der Waals surface area contributed by atoms with Gasteiger partial charge in [-0.3, -0.25) is 4.79 Å². The van der Waals surface area contributed by atoms with Crippen molar-refractivity contribution in [2.45, 2.75) is 46.1 Å². The van der Waals surface area contributed by atoms with Gasteiger partial charge in [0.15, 0.2) is 17.1 Å². The Balaban J connectivity index is 1.46. The number of ether oxygens (including phenoxy) is 4. The number of methoxy groups -OCH3 is 3. The Kier molecular flexibility index (Phi) is 10.9. The molecule has 0 spiro atoms. The third kappa shape index (κ3) is 7.46. The predicted octanol–water partition coefficient (Wildman–Crippen LogP) is 6.45. The van der Waals surface area contributed by atoms with E-state index in [4.69, 9.17) is 35.5 Å². The van der Waals surface area contributed by atoms with Crippen LogP contribution >= 0.6 is 27.5 Å². The first kappa shape index (κ1) is 31.4. The minimum absolute atomic E-state index is 0.147. The van der Waals surface area contributed by atoms with E-state index in [9.17, 15) is 4.79 Å². The highest BCUT2D eigenvalue weighted by Crippen LogP contribution is 2.38. The van der Waals surface area contributed by atoms with Crippen molar-refractivity contribution in [1.29, 1.82) is 0 Å². The van der Waals surface area contributed by atoms with Crippen LogP contribution in [0.2, 0.25) is 5.02 Å². The van der Waals surface area contributed by atoms with Crippen molar-refractivity contribution in [1.82, 2.24) is 19.9 Å². The van der Waals surface area contributed by atoms with Crippen molar-refractivity contribution in [2.24, 2.45) is 5.92 Å². The molecule has 1 radical (unpaired) electrons. The number of imidazole rings is 1. The monoisotopic (exact) mass is 657 g/mol. The molecule has 223 valence electrons. The normalized spacial score (nSPS) is 11.8. The topological polar surface area (TPSA) is 98.3 Å². The molecule has 0 saturated carbocycles. The average Bonchev–Trinajstić information content (AvgIpc) is 3.32. The summed E-state index contributed by atoms with van der Waals surface area (Å²) in [6.45, 7) is 4.64. The van der Waals surface area contributed by atoms with Gasteiger partial charge in [-0.1, -0.05) is 40.5 Å². The van der Waals surface area contributed by atoms with Gasteiger partial charge in [-0.2, -0.15) is 0 Å². The van der Waals surface area contributed by atoms with E-state index in [1.54, 1.807) is 31.9 Å². The maximum atomic E-state index is 12.9. The molecule has 4 rings (SSSR count). The molecule has 1 atom stereocenters. The minimum Gasteiger partial charge on any atom is -0.496 e. The SMILES string of the molecule is CCOc1ccc2nc(C[N]C(=O)CCC(C)Cc3ccc(OC)c(OC)c3Cl)c(Cc3cc(Br)ccc3OC)n2n1. The molecule has 42 heavy (non-hydrogen) atoms. The summed E-state index contributed by atoms with van der Waals surface area (Å²) in [5.74, 6) is 2.37. The van der Waals surface area contributed by atoms with E-state index in [-0.39, 0.29) is 18.4 Å². The largest absolute Gasteiger partial charge is 0.496 e. The van der Waals surface area contributed by atoms with Gasteiger partial charge in [-0.05, 0) is 61.6 Å². The first-order valence-electron chi connectivity index (χ1n) is 13.7. The highest BCUT2D eigenvalue weighted by Gasteiger charge is 2.20. The zero-order valence-corrected chi connectivity index (χ0v) is 26.8. The molecule has 0 saturated heterocycles. The van der Waals surface area contributed by atoms with E-state index < -0.39 is 0 Å². The number of hydrogen-bond donors (Lipinski definition) is 0. The predicted molar refractivity (Wildman–Crippen MR) is 165 cm³/mol. The summed E-state index contributed by atoms with van der Waals surface area (Å²) < 4.78 is 24.6. The zero-order chi connectivity index (χ0) is 30.2. The fraction of sp³-hybridized carbons (Fsp3) is 0.387. The molecule has 0 aliphatic carbocycles. The van der Waals surface area contributed by atoms with Crippen molar-refractivity contribution in [3.05, 3.63) is 74.5 Å². The number of amides is 1. The molecular formula is C31H35BrClN4O5. The Labute approximate surface area is 259 Å². The zero-order valence-electron chi connectivity index (χ0n) is 24.4. The van der Waals surface area contributed by atoms with Crippen LogP contribution in [-0.4, -0.2) is 48.4 Å². The van der Waals surface area contributed by atoms with Gasteiger partial charge in [-0.25, -0.2) is 14.8 Å². The Hall–Kier alpha value is -3.50. The maximum Gasteiger partial charge on any atom is 0.241 e. The van der Waals surface area contributed by atoms with Gasteiger partial charge in [0.05, 0.1) is 50.9 Å². The second kappa shape index (κ2) is 14.6. The van der Waals surface area contributed by atoms with Crippen molar-refractivity contribution in [2.75, 3.05) is 27.9 Å². The van der Waals surface area contributed by atoms with Crippen LogP contribution in [0.4, 0.5) is 0 Å². The lowest BCUT2D eigenvalue weighted by molar-refractivity contribution is -0.121. The molecular weight excluding hydrogens is 624 g/mol. The van der Waals surface area contributed by atoms with Gasteiger partial charge in [0.25, 0.3) is 0 Å². The first-order valence-corrected chi connectivity index (χ1v) is 14.9. The number of aromatic nitrogens is 3. The summed E-state index contributed by atoms with van der Waals surface area (Å²) in [6, 6.07) is 13.3. The maximum absolute atomic E-state index is 12.9. The number of carbonyl (C=O) groups is 1. The molecule has 0 N–H and O–H groups in total. The van der Waals surface area contributed by atoms with Crippen LogP contribution in [0.5, 0.6) is 23.1 Å². The summed E-state index contributed by atoms with van der Waals surface area (Å²) in [5, 5.41) is 9.55. The molecule has 11 heteroatoms. The van der Waals surface area contributed by atoms with E-state index in [0.717, 1.165) is 27.0 Å². The van der Waals surface area contributed by atoms with Crippen LogP contribution in [0.25, 0.3) is 5.65 Å². The van der Waals surface area contributed by atoms with Crippen molar-refractivity contribution >= 4 is 39.1 Å². The fourth-order valence-electron chi connectivity index (χ4n) is 4.78. The van der Waals surface area contributed by atoms with E-state index in [0.29, 0.717) is 66.0 Å². The standard InChI is InChI=1S/C31H35BrClN4O5/c1-6-42-29-14-12-27-35-23(24(37(27)36-29)17-21-16-22(32)9-11-25(21)39-3)18-34-28(38)13-7-19(2)15-20-8-10-26(40-4)31(41-5)30(20)33/h8-12,14,16,19H,6-7,13,15,17-18H2,1-5H3. The second-order valence-electron chi connectivity index (χ2n) is 9.84. The van der Waals surface area contributed by atoms with E-state index in [1.807, 2.05) is 43.3 Å². The summed E-state index contributed by atoms with van der Waals surface area (Å²) in [5.41, 5.74) is 4.04. The van der Waals surface area contributed by atoms with Gasteiger partial charge in [0.2, 0.25) is 11.8 Å². The lowest BCUT2D eigenvalue weighted by Gasteiger charge is -2.16. The number of nitrogens with zero attached hydrogens (tertiary/aromatic N) is 4. The number of benzene rings is 2. The van der Waals surface area contributed by atoms with E-state index >= 15 is 0 Å². The molecule has 4 aromatic rings. The summed E-state index contributed by atoms with van der Waals surface area (Å²) in [7, 11) is 4.78. The van der Waals surface area contributed by atoms with Crippen molar-refractivity contribution in [3.63, 3.8) is 0 Å². The second-order valence-corrected chi connectivity index (χ2v) is 11.1. The van der Waals surface area contributed by atoms with Gasteiger partial charge >= 0.3 is 0 Å². The van der Waals surface area contributed by atoms with E-state index in [2.05, 4.69) is 33.3 Å². The third-order valence-electron chi connectivity index (χ3n) is 6.91. The molecule has 0 aliphatic heterocycles. The third-order valence-corrected chi connectivity index (χ3v) is 7.82. The van der Waals surface area contributed by atoms with Crippen LogP contribution in [0, 0.1) is 5.92 Å². The molecule has 0 aliphatic rings. The highest BCUT2D eigenvalue weighted by atomic mass is 79.9. The van der Waals surface area contributed by atoms with Gasteiger partial charge < -0.3 is 18.9 Å². The summed E-state index contributed by atoms with van der Waals surface area (Å²) >= 11 is 10.1. The number of carbonyl (C=O) groups excluding carboxylic acids is 1.